The second-order valence-corrected chi connectivity index (χ2v) is 3.69. The third-order valence-electron chi connectivity index (χ3n) is 1.75. The van der Waals surface area contributed by atoms with Crippen LogP contribution in [0.1, 0.15) is 0 Å². The van der Waals surface area contributed by atoms with E-state index in [1.54, 1.807) is 18.2 Å². The van der Waals surface area contributed by atoms with E-state index < -0.39 is 13.0 Å². The highest BCUT2D eigenvalue weighted by Crippen LogP contribution is 2.15. The summed E-state index contributed by atoms with van der Waals surface area (Å²) < 4.78 is 25.0. The van der Waals surface area contributed by atoms with Gasteiger partial charge in [0.15, 0.2) is 0 Å². The van der Waals surface area contributed by atoms with Crippen molar-refractivity contribution in [3.8, 4) is 0 Å². The third-order valence-corrected chi connectivity index (χ3v) is 2.19. The fourth-order valence-corrected chi connectivity index (χ4v) is 1.49. The number of alkyl halides is 2. The van der Waals surface area contributed by atoms with Crippen LogP contribution in [-0.2, 0) is 0 Å². The number of aliphatic hydroxyl groups is 1. The average molecular weight is 281 g/mol. The van der Waals surface area contributed by atoms with E-state index in [4.69, 9.17) is 5.11 Å². The predicted octanol–water partition coefficient (Wildman–Crippen LogP) is 1.91. The van der Waals surface area contributed by atoms with Gasteiger partial charge >= 0.3 is 0 Å². The van der Waals surface area contributed by atoms with Crippen molar-refractivity contribution in [1.82, 2.24) is 4.98 Å². The molecular formula is C9H11BrF2N2O. The van der Waals surface area contributed by atoms with E-state index in [9.17, 15) is 8.78 Å². The van der Waals surface area contributed by atoms with Crippen molar-refractivity contribution in [2.24, 2.45) is 0 Å². The molecule has 0 radical (unpaired) electrons. The lowest BCUT2D eigenvalue weighted by molar-refractivity contribution is 0.152. The number of pyridine rings is 1. The molecule has 1 N–H and O–H groups in total. The van der Waals surface area contributed by atoms with E-state index in [-0.39, 0.29) is 13.2 Å². The fraction of sp³-hybridized carbons (Fsp3) is 0.444. The topological polar surface area (TPSA) is 36.4 Å². The van der Waals surface area contributed by atoms with Crippen LogP contribution in [0.25, 0.3) is 0 Å². The summed E-state index contributed by atoms with van der Waals surface area (Å²) in [6.07, 6.45) is -2.45. The van der Waals surface area contributed by atoms with E-state index in [0.717, 1.165) is 0 Å². The Kier molecular flexibility index (Phi) is 4.90. The maximum Gasteiger partial charge on any atom is 0.255 e. The molecule has 3 nitrogen and oxygen atoms in total. The first-order valence-electron chi connectivity index (χ1n) is 4.40. The molecule has 0 atom stereocenters. The van der Waals surface area contributed by atoms with Gasteiger partial charge in [0.1, 0.15) is 10.4 Å². The SMILES string of the molecule is OCCN(CC(F)F)c1cccc(Br)n1. The van der Waals surface area contributed by atoms with Crippen LogP contribution in [0.4, 0.5) is 14.6 Å². The highest BCUT2D eigenvalue weighted by atomic mass is 79.9. The zero-order valence-corrected chi connectivity index (χ0v) is 9.49. The van der Waals surface area contributed by atoms with Crippen LogP contribution in [0, 0.1) is 0 Å². The van der Waals surface area contributed by atoms with Crippen molar-refractivity contribution in [3.63, 3.8) is 0 Å². The maximum atomic E-state index is 12.2. The van der Waals surface area contributed by atoms with E-state index in [1.807, 2.05) is 0 Å². The molecule has 0 aliphatic heterocycles. The van der Waals surface area contributed by atoms with Crippen LogP contribution in [0.3, 0.4) is 0 Å². The molecule has 15 heavy (non-hydrogen) atoms. The molecule has 0 saturated carbocycles. The minimum atomic E-state index is -2.45. The van der Waals surface area contributed by atoms with Gasteiger partial charge in [-0.1, -0.05) is 6.07 Å². The lowest BCUT2D eigenvalue weighted by Crippen LogP contribution is -2.32. The van der Waals surface area contributed by atoms with Gasteiger partial charge in [-0.3, -0.25) is 0 Å². The summed E-state index contributed by atoms with van der Waals surface area (Å²) in [4.78, 5) is 5.39. The molecule has 0 spiro atoms. The number of anilines is 1. The van der Waals surface area contributed by atoms with Crippen LogP contribution < -0.4 is 4.90 Å². The van der Waals surface area contributed by atoms with Gasteiger partial charge in [0, 0.05) is 6.54 Å². The minimum absolute atomic E-state index is 0.147. The number of rotatable bonds is 5. The van der Waals surface area contributed by atoms with Crippen LogP contribution in [-0.4, -0.2) is 36.2 Å². The van der Waals surface area contributed by atoms with E-state index in [2.05, 4.69) is 20.9 Å². The predicted molar refractivity (Wildman–Crippen MR) is 57.2 cm³/mol. The van der Waals surface area contributed by atoms with Gasteiger partial charge in [-0.2, -0.15) is 0 Å². The molecule has 1 heterocycles. The maximum absolute atomic E-state index is 12.2. The van der Waals surface area contributed by atoms with E-state index in [1.165, 1.54) is 4.90 Å². The van der Waals surface area contributed by atoms with Gasteiger partial charge in [-0.15, -0.1) is 0 Å². The molecule has 6 heteroatoms. The third kappa shape index (κ3) is 4.09. The Labute approximate surface area is 94.9 Å². The highest BCUT2D eigenvalue weighted by Gasteiger charge is 2.13. The zero-order valence-electron chi connectivity index (χ0n) is 7.91. The molecule has 0 bridgehead atoms. The first-order chi connectivity index (χ1) is 7.13. The van der Waals surface area contributed by atoms with Crippen LogP contribution >= 0.6 is 15.9 Å². The van der Waals surface area contributed by atoms with Crippen molar-refractivity contribution in [2.45, 2.75) is 6.43 Å². The summed E-state index contributed by atoms with van der Waals surface area (Å²) in [5.74, 6) is 0.429. The molecule has 0 saturated heterocycles. The number of aromatic nitrogens is 1. The van der Waals surface area contributed by atoms with Gasteiger partial charge in [0.25, 0.3) is 6.43 Å². The second kappa shape index (κ2) is 5.97. The van der Waals surface area contributed by atoms with Crippen LogP contribution in [0.2, 0.25) is 0 Å². The van der Waals surface area contributed by atoms with E-state index in [0.29, 0.717) is 10.4 Å². The van der Waals surface area contributed by atoms with Crippen molar-refractivity contribution in [2.75, 3.05) is 24.6 Å². The molecule has 0 aliphatic carbocycles. The van der Waals surface area contributed by atoms with Crippen molar-refractivity contribution in [3.05, 3.63) is 22.8 Å². The summed E-state index contributed by atoms with van der Waals surface area (Å²) in [6, 6.07) is 5.05. The number of hydrogen-bond donors (Lipinski definition) is 1. The monoisotopic (exact) mass is 280 g/mol. The lowest BCUT2D eigenvalue weighted by Gasteiger charge is -2.22. The van der Waals surface area contributed by atoms with Crippen LogP contribution in [0.5, 0.6) is 0 Å². The Morgan fingerprint density at radius 3 is 2.73 bits per heavy atom. The standard InChI is InChI=1S/C9H11BrF2N2O/c10-7-2-1-3-9(13-7)14(4-5-15)6-8(11)12/h1-3,8,15H,4-6H2. The molecule has 1 aromatic heterocycles. The molecule has 0 aliphatic rings. The Bertz CT molecular complexity index is 312. The number of hydrogen-bond acceptors (Lipinski definition) is 3. The Hall–Kier alpha value is -0.750. The number of aliphatic hydroxyl groups excluding tert-OH is 1. The smallest absolute Gasteiger partial charge is 0.255 e. The lowest BCUT2D eigenvalue weighted by atomic mass is 10.4. The fourth-order valence-electron chi connectivity index (χ4n) is 1.16. The molecule has 0 fully saturated rings. The summed E-state index contributed by atoms with van der Waals surface area (Å²) in [5.41, 5.74) is 0. The quantitative estimate of drug-likeness (QED) is 0.837. The van der Waals surface area contributed by atoms with Crippen molar-refractivity contribution in [1.29, 1.82) is 0 Å². The summed E-state index contributed by atoms with van der Waals surface area (Å²) >= 11 is 3.16. The Morgan fingerprint density at radius 2 is 2.20 bits per heavy atom. The molecule has 0 amide bonds. The minimum Gasteiger partial charge on any atom is -0.395 e. The molecule has 1 aromatic rings. The summed E-state index contributed by atoms with van der Waals surface area (Å²) in [5, 5.41) is 8.75. The van der Waals surface area contributed by atoms with Gasteiger partial charge in [-0.25, -0.2) is 13.8 Å². The summed E-state index contributed by atoms with van der Waals surface area (Å²) in [7, 11) is 0. The van der Waals surface area contributed by atoms with Gasteiger partial charge in [-0.05, 0) is 28.1 Å². The van der Waals surface area contributed by atoms with E-state index >= 15 is 0 Å². The number of nitrogens with zero attached hydrogens (tertiary/aromatic N) is 2. The molecule has 1 rings (SSSR count). The second-order valence-electron chi connectivity index (χ2n) is 2.88. The molecule has 0 unspecified atom stereocenters. The van der Waals surface area contributed by atoms with Crippen molar-refractivity contribution < 1.29 is 13.9 Å². The Balaban J connectivity index is 2.78. The Morgan fingerprint density at radius 1 is 1.47 bits per heavy atom. The highest BCUT2D eigenvalue weighted by molar-refractivity contribution is 9.10. The van der Waals surface area contributed by atoms with Gasteiger partial charge < -0.3 is 10.0 Å². The normalized spacial score (nSPS) is 10.7. The molecule has 0 aromatic carbocycles. The number of halogens is 3. The first kappa shape index (κ1) is 12.3. The van der Waals surface area contributed by atoms with Gasteiger partial charge in [0.2, 0.25) is 0 Å². The van der Waals surface area contributed by atoms with Crippen LogP contribution in [0.15, 0.2) is 22.8 Å². The largest absolute Gasteiger partial charge is 0.395 e. The molecular weight excluding hydrogens is 270 g/mol. The first-order valence-corrected chi connectivity index (χ1v) is 5.19. The van der Waals surface area contributed by atoms with Gasteiger partial charge in [0.05, 0.1) is 13.2 Å². The molecule has 84 valence electrons. The average Bonchev–Trinajstić information content (AvgIpc) is 2.16. The van der Waals surface area contributed by atoms with Crippen molar-refractivity contribution >= 4 is 21.7 Å². The zero-order chi connectivity index (χ0) is 11.3. The summed E-state index contributed by atoms with van der Waals surface area (Å²) in [6.45, 7) is -0.460.